The number of hydrogen-bond donors (Lipinski definition) is 1. The zero-order valence-corrected chi connectivity index (χ0v) is 16.3. The van der Waals surface area contributed by atoms with E-state index in [1.54, 1.807) is 24.3 Å². The van der Waals surface area contributed by atoms with Gasteiger partial charge in [0.05, 0.1) is 6.04 Å². The van der Waals surface area contributed by atoms with Crippen LogP contribution in [0.15, 0.2) is 84.9 Å². The summed E-state index contributed by atoms with van der Waals surface area (Å²) in [4.78, 5) is 24.2. The van der Waals surface area contributed by atoms with Crippen LogP contribution in [0.4, 0.5) is 0 Å². The Kier molecular flexibility index (Phi) is 7.25. The minimum Gasteiger partial charge on any atom is -0.482 e. The Balaban J connectivity index is 1.53. The molecule has 0 aliphatic carbocycles. The average molecular weight is 410 g/mol. The Labute approximate surface area is 174 Å². The Hall–Kier alpha value is -3.31. The molecular weight excluding hydrogens is 390 g/mol. The second-order valence-electron chi connectivity index (χ2n) is 6.23. The molecular formula is C23H20ClNO4. The summed E-state index contributed by atoms with van der Waals surface area (Å²) in [6, 6.07) is 25.5. The van der Waals surface area contributed by atoms with Crippen molar-refractivity contribution in [2.75, 3.05) is 13.2 Å². The fourth-order valence-corrected chi connectivity index (χ4v) is 2.84. The predicted octanol–water partition coefficient (Wildman–Crippen LogP) is 4.17. The van der Waals surface area contributed by atoms with Crippen LogP contribution in [-0.2, 0) is 14.3 Å². The summed E-state index contributed by atoms with van der Waals surface area (Å²) in [5, 5.41) is 3.49. The molecule has 0 aliphatic heterocycles. The summed E-state index contributed by atoms with van der Waals surface area (Å²) in [5.74, 6) is -0.544. The summed E-state index contributed by atoms with van der Waals surface area (Å²) < 4.78 is 10.3. The number of carbonyl (C=O) groups excluding carboxylic acids is 2. The molecule has 0 aromatic heterocycles. The van der Waals surface area contributed by atoms with E-state index in [4.69, 9.17) is 21.1 Å². The number of carbonyl (C=O) groups is 2. The van der Waals surface area contributed by atoms with Gasteiger partial charge in [-0.3, -0.25) is 4.79 Å². The third-order valence-electron chi connectivity index (χ3n) is 4.11. The minimum atomic E-state index is -0.633. The van der Waals surface area contributed by atoms with Crippen molar-refractivity contribution in [3.05, 3.63) is 101 Å². The molecule has 0 atom stereocenters. The van der Waals surface area contributed by atoms with Gasteiger partial charge in [0.25, 0.3) is 5.91 Å². The van der Waals surface area contributed by atoms with Gasteiger partial charge in [-0.2, -0.15) is 0 Å². The fourth-order valence-electron chi connectivity index (χ4n) is 2.71. The summed E-state index contributed by atoms with van der Waals surface area (Å²) in [7, 11) is 0. The molecule has 0 spiro atoms. The number of amides is 1. The molecule has 0 aliphatic rings. The van der Waals surface area contributed by atoms with Crippen LogP contribution in [0.2, 0.25) is 5.02 Å². The van der Waals surface area contributed by atoms with E-state index in [1.165, 1.54) is 0 Å². The van der Waals surface area contributed by atoms with Gasteiger partial charge in [0, 0.05) is 5.02 Å². The van der Waals surface area contributed by atoms with E-state index in [1.807, 2.05) is 60.7 Å². The van der Waals surface area contributed by atoms with Gasteiger partial charge in [-0.25, -0.2) is 4.79 Å². The van der Waals surface area contributed by atoms with Crippen molar-refractivity contribution in [3.8, 4) is 5.75 Å². The number of ether oxygens (including phenoxy) is 2. The van der Waals surface area contributed by atoms with Gasteiger partial charge in [0.2, 0.25) is 0 Å². The van der Waals surface area contributed by atoms with Crippen LogP contribution >= 0.6 is 11.6 Å². The van der Waals surface area contributed by atoms with E-state index in [-0.39, 0.29) is 19.3 Å². The number of esters is 1. The zero-order valence-electron chi connectivity index (χ0n) is 15.6. The highest BCUT2D eigenvalue weighted by molar-refractivity contribution is 6.30. The lowest BCUT2D eigenvalue weighted by Gasteiger charge is -2.20. The molecule has 1 amide bonds. The maximum Gasteiger partial charge on any atom is 0.344 e. The smallest absolute Gasteiger partial charge is 0.344 e. The summed E-state index contributed by atoms with van der Waals surface area (Å²) in [6.45, 7) is -0.686. The molecule has 0 bridgehead atoms. The van der Waals surface area contributed by atoms with Gasteiger partial charge < -0.3 is 14.8 Å². The lowest BCUT2D eigenvalue weighted by atomic mass is 9.99. The van der Waals surface area contributed by atoms with Crippen LogP contribution in [-0.4, -0.2) is 25.1 Å². The first-order valence-corrected chi connectivity index (χ1v) is 9.43. The second kappa shape index (κ2) is 10.3. The van der Waals surface area contributed by atoms with Gasteiger partial charge in [-0.15, -0.1) is 0 Å². The highest BCUT2D eigenvalue weighted by Crippen LogP contribution is 2.21. The van der Waals surface area contributed by atoms with Crippen molar-refractivity contribution in [1.82, 2.24) is 5.32 Å². The van der Waals surface area contributed by atoms with Crippen LogP contribution in [0.25, 0.3) is 0 Å². The first-order valence-electron chi connectivity index (χ1n) is 9.05. The van der Waals surface area contributed by atoms with Crippen LogP contribution in [0, 0.1) is 0 Å². The highest BCUT2D eigenvalue weighted by atomic mass is 35.5. The quantitative estimate of drug-likeness (QED) is 0.567. The monoisotopic (exact) mass is 409 g/mol. The Bertz CT molecular complexity index is 891. The number of hydrogen-bond acceptors (Lipinski definition) is 4. The van der Waals surface area contributed by atoms with E-state index in [9.17, 15) is 9.59 Å². The third kappa shape index (κ3) is 6.36. The van der Waals surface area contributed by atoms with Crippen molar-refractivity contribution >= 4 is 23.5 Å². The molecule has 1 N–H and O–H groups in total. The molecule has 5 nitrogen and oxygen atoms in total. The Morgan fingerprint density at radius 2 is 1.34 bits per heavy atom. The van der Waals surface area contributed by atoms with Gasteiger partial charge in [-0.1, -0.05) is 72.3 Å². The molecule has 0 heterocycles. The van der Waals surface area contributed by atoms with Gasteiger partial charge >= 0.3 is 5.97 Å². The highest BCUT2D eigenvalue weighted by Gasteiger charge is 2.17. The number of benzene rings is 3. The van der Waals surface area contributed by atoms with Crippen molar-refractivity contribution < 1.29 is 19.1 Å². The topological polar surface area (TPSA) is 64.6 Å². The van der Waals surface area contributed by atoms with Crippen LogP contribution in [0.1, 0.15) is 17.2 Å². The lowest BCUT2D eigenvalue weighted by Crippen LogP contribution is -2.33. The molecule has 0 radical (unpaired) electrons. The van der Waals surface area contributed by atoms with Crippen molar-refractivity contribution in [1.29, 1.82) is 0 Å². The lowest BCUT2D eigenvalue weighted by molar-refractivity contribution is -0.150. The third-order valence-corrected chi connectivity index (χ3v) is 4.36. The van der Waals surface area contributed by atoms with Crippen LogP contribution < -0.4 is 10.1 Å². The van der Waals surface area contributed by atoms with E-state index in [0.29, 0.717) is 10.8 Å². The maximum atomic E-state index is 12.4. The molecule has 3 rings (SSSR count). The summed E-state index contributed by atoms with van der Waals surface area (Å²) in [6.07, 6.45) is 0. The summed E-state index contributed by atoms with van der Waals surface area (Å²) >= 11 is 5.80. The number of halogens is 1. The maximum absolute atomic E-state index is 12.4. The Morgan fingerprint density at radius 3 is 1.90 bits per heavy atom. The predicted molar refractivity (Wildman–Crippen MR) is 111 cm³/mol. The van der Waals surface area contributed by atoms with Crippen molar-refractivity contribution in [2.45, 2.75) is 6.04 Å². The van der Waals surface area contributed by atoms with E-state index in [2.05, 4.69) is 5.32 Å². The van der Waals surface area contributed by atoms with Gasteiger partial charge in [-0.05, 0) is 35.4 Å². The van der Waals surface area contributed by atoms with E-state index >= 15 is 0 Å². The molecule has 6 heteroatoms. The summed E-state index contributed by atoms with van der Waals surface area (Å²) in [5.41, 5.74) is 1.87. The second-order valence-corrected chi connectivity index (χ2v) is 6.66. The first-order chi connectivity index (χ1) is 14.1. The molecule has 0 fully saturated rings. The zero-order chi connectivity index (χ0) is 20.5. The minimum absolute atomic E-state index is 0.296. The van der Waals surface area contributed by atoms with E-state index in [0.717, 1.165) is 11.1 Å². The van der Waals surface area contributed by atoms with Crippen molar-refractivity contribution in [2.24, 2.45) is 0 Å². The van der Waals surface area contributed by atoms with Crippen LogP contribution in [0.3, 0.4) is 0 Å². The Morgan fingerprint density at radius 1 is 0.793 bits per heavy atom. The van der Waals surface area contributed by atoms with Crippen molar-refractivity contribution in [3.63, 3.8) is 0 Å². The van der Waals surface area contributed by atoms with Gasteiger partial charge in [0.15, 0.2) is 13.2 Å². The molecule has 148 valence electrons. The molecule has 29 heavy (non-hydrogen) atoms. The molecule has 3 aromatic carbocycles. The SMILES string of the molecule is O=C(COC(=O)COc1ccc(Cl)cc1)NC(c1ccccc1)c1ccccc1. The van der Waals surface area contributed by atoms with Crippen LogP contribution in [0.5, 0.6) is 5.75 Å². The van der Waals surface area contributed by atoms with Gasteiger partial charge in [0.1, 0.15) is 5.75 Å². The standard InChI is InChI=1S/C23H20ClNO4/c24-19-11-13-20(14-12-19)28-16-22(27)29-15-21(26)25-23(17-7-3-1-4-8-17)18-9-5-2-6-10-18/h1-14,23H,15-16H2,(H,25,26). The van der Waals surface area contributed by atoms with E-state index < -0.39 is 11.9 Å². The molecule has 0 saturated carbocycles. The number of nitrogens with one attached hydrogen (secondary N) is 1. The molecule has 0 saturated heterocycles. The average Bonchev–Trinajstić information content (AvgIpc) is 2.77. The fraction of sp³-hybridized carbons (Fsp3) is 0.130. The molecule has 3 aromatic rings. The number of rotatable bonds is 8. The molecule has 0 unspecified atom stereocenters. The normalized spacial score (nSPS) is 10.4. The first kappa shape index (κ1) is 20.4. The largest absolute Gasteiger partial charge is 0.482 e.